The number of allylic oxidation sites excluding steroid dienone is 1. The molecular formula is C20H14N2O6. The minimum atomic E-state index is -1.09. The van der Waals surface area contributed by atoms with E-state index in [1.165, 1.54) is 37.6 Å². The molecule has 0 bridgehead atoms. The zero-order valence-electron chi connectivity index (χ0n) is 14.7. The van der Waals surface area contributed by atoms with Crippen LogP contribution < -0.4 is 20.9 Å². The van der Waals surface area contributed by atoms with Gasteiger partial charge in [0.2, 0.25) is 0 Å². The second-order valence-corrected chi connectivity index (χ2v) is 5.44. The number of pyridine rings is 1. The normalized spacial score (nSPS) is 10.7. The summed E-state index contributed by atoms with van der Waals surface area (Å²) in [4.78, 5) is 40.1. The first-order valence-electron chi connectivity index (χ1n) is 8.02. The Morgan fingerprint density at radius 3 is 2.89 bits per heavy atom. The van der Waals surface area contributed by atoms with E-state index in [2.05, 4.69) is 15.3 Å². The molecule has 0 fully saturated rings. The van der Waals surface area contributed by atoms with Crippen LogP contribution in [0, 0.1) is 12.3 Å². The van der Waals surface area contributed by atoms with Crippen molar-refractivity contribution < 1.29 is 18.7 Å². The highest BCUT2D eigenvalue weighted by atomic mass is 16.5. The molecule has 0 N–H and O–H groups in total. The lowest BCUT2D eigenvalue weighted by molar-refractivity contribution is 0.0960. The SMILES string of the molecule is C#CCOc1ccc(C=CC(=O)n2c(=O)oc(=O)c3ncccc32)cc1OC. The zero-order valence-corrected chi connectivity index (χ0v) is 14.7. The standard InChI is InChI=1S/C20H14N2O6/c1-3-11-27-15-8-6-13(12-16(15)26-2)7-9-17(23)22-14-5-4-10-21-18(14)19(24)28-20(22)25/h1,4-10,12H,11H2,2H3. The first-order chi connectivity index (χ1) is 13.5. The van der Waals surface area contributed by atoms with E-state index in [4.69, 9.17) is 15.9 Å². The summed E-state index contributed by atoms with van der Waals surface area (Å²) in [5.74, 6) is 1.47. The molecule has 0 unspecified atom stereocenters. The van der Waals surface area contributed by atoms with E-state index in [0.29, 0.717) is 17.1 Å². The van der Waals surface area contributed by atoms with Crippen molar-refractivity contribution in [1.82, 2.24) is 9.55 Å². The number of hydrogen-bond donors (Lipinski definition) is 0. The minimum Gasteiger partial charge on any atom is -0.493 e. The summed E-state index contributed by atoms with van der Waals surface area (Å²) in [5, 5.41) is 0. The van der Waals surface area contributed by atoms with Crippen LogP contribution in [0.15, 0.2) is 56.6 Å². The van der Waals surface area contributed by atoms with Gasteiger partial charge in [0, 0.05) is 12.3 Å². The molecule has 0 saturated carbocycles. The lowest BCUT2D eigenvalue weighted by Gasteiger charge is -2.09. The molecule has 0 saturated heterocycles. The van der Waals surface area contributed by atoms with Crippen molar-refractivity contribution in [2.45, 2.75) is 0 Å². The van der Waals surface area contributed by atoms with Gasteiger partial charge < -0.3 is 13.9 Å². The van der Waals surface area contributed by atoms with Gasteiger partial charge in [-0.3, -0.25) is 4.79 Å². The molecule has 1 aromatic carbocycles. The van der Waals surface area contributed by atoms with Crippen LogP contribution in [0.1, 0.15) is 10.4 Å². The Balaban J connectivity index is 1.95. The van der Waals surface area contributed by atoms with E-state index in [-0.39, 0.29) is 17.6 Å². The number of carbonyl (C=O) groups excluding carboxylic acids is 1. The number of nitrogens with zero attached hydrogens (tertiary/aromatic N) is 2. The number of terminal acetylenes is 1. The summed E-state index contributed by atoms with van der Waals surface area (Å²) in [6.45, 7) is 0.0905. The smallest absolute Gasteiger partial charge is 0.429 e. The first-order valence-corrected chi connectivity index (χ1v) is 8.02. The van der Waals surface area contributed by atoms with Crippen molar-refractivity contribution in [3.05, 3.63) is 69.1 Å². The number of rotatable bonds is 5. The summed E-state index contributed by atoms with van der Waals surface area (Å²) in [5.41, 5.74) is -0.332. The lowest BCUT2D eigenvalue weighted by atomic mass is 10.2. The van der Waals surface area contributed by atoms with E-state index in [9.17, 15) is 14.4 Å². The van der Waals surface area contributed by atoms with Crippen molar-refractivity contribution in [3.8, 4) is 23.8 Å². The molecule has 0 spiro atoms. The monoisotopic (exact) mass is 378 g/mol. The molecule has 8 heteroatoms. The molecule has 0 radical (unpaired) electrons. The number of aromatic nitrogens is 2. The van der Waals surface area contributed by atoms with Crippen molar-refractivity contribution in [2.24, 2.45) is 0 Å². The molecule has 8 nitrogen and oxygen atoms in total. The molecule has 3 aromatic rings. The van der Waals surface area contributed by atoms with Gasteiger partial charge in [0.25, 0.3) is 5.91 Å². The number of benzene rings is 1. The predicted octanol–water partition coefficient (Wildman–Crippen LogP) is 1.72. The average Bonchev–Trinajstić information content (AvgIpc) is 2.71. The molecule has 28 heavy (non-hydrogen) atoms. The van der Waals surface area contributed by atoms with E-state index in [1.54, 1.807) is 18.2 Å². The van der Waals surface area contributed by atoms with Crippen molar-refractivity contribution in [3.63, 3.8) is 0 Å². The highest BCUT2D eigenvalue weighted by Crippen LogP contribution is 2.28. The fourth-order valence-corrected chi connectivity index (χ4v) is 2.48. The van der Waals surface area contributed by atoms with E-state index in [1.807, 2.05) is 0 Å². The number of carbonyl (C=O) groups is 1. The van der Waals surface area contributed by atoms with Gasteiger partial charge in [-0.25, -0.2) is 19.1 Å². The van der Waals surface area contributed by atoms with Gasteiger partial charge in [-0.2, -0.15) is 0 Å². The second kappa shape index (κ2) is 8.05. The van der Waals surface area contributed by atoms with Crippen LogP contribution in [0.4, 0.5) is 0 Å². The van der Waals surface area contributed by atoms with Gasteiger partial charge in [-0.1, -0.05) is 12.0 Å². The number of fused-ring (bicyclic) bond motifs is 1. The third kappa shape index (κ3) is 3.68. The van der Waals surface area contributed by atoms with E-state index >= 15 is 0 Å². The maximum Gasteiger partial charge on any atom is 0.429 e. The third-order valence-electron chi connectivity index (χ3n) is 3.72. The minimum absolute atomic E-state index is 0.0639. The van der Waals surface area contributed by atoms with E-state index in [0.717, 1.165) is 4.57 Å². The summed E-state index contributed by atoms with van der Waals surface area (Å²) >= 11 is 0. The molecule has 0 amide bonds. The number of methoxy groups -OCH3 is 1. The molecule has 0 atom stereocenters. The Morgan fingerprint density at radius 2 is 2.14 bits per heavy atom. The van der Waals surface area contributed by atoms with Crippen molar-refractivity contribution >= 4 is 23.0 Å². The summed E-state index contributed by atoms with van der Waals surface area (Å²) in [6.07, 6.45) is 9.19. The molecule has 3 rings (SSSR count). The summed E-state index contributed by atoms with van der Waals surface area (Å²) in [7, 11) is 1.47. The molecular weight excluding hydrogens is 364 g/mol. The Morgan fingerprint density at radius 1 is 1.32 bits per heavy atom. The van der Waals surface area contributed by atoms with Gasteiger partial charge in [-0.05, 0) is 35.9 Å². The molecule has 0 aliphatic carbocycles. The Bertz CT molecular complexity index is 1230. The Hall–Kier alpha value is -4.12. The molecule has 140 valence electrons. The van der Waals surface area contributed by atoms with Crippen molar-refractivity contribution in [1.29, 1.82) is 0 Å². The molecule has 2 aromatic heterocycles. The number of hydrogen-bond acceptors (Lipinski definition) is 7. The third-order valence-corrected chi connectivity index (χ3v) is 3.72. The highest BCUT2D eigenvalue weighted by Gasteiger charge is 2.14. The summed E-state index contributed by atoms with van der Waals surface area (Å²) in [6, 6.07) is 7.92. The van der Waals surface area contributed by atoms with Gasteiger partial charge in [0.15, 0.2) is 17.0 Å². The fourth-order valence-electron chi connectivity index (χ4n) is 2.48. The van der Waals surface area contributed by atoms with Crippen LogP contribution in [0.3, 0.4) is 0 Å². The topological polar surface area (TPSA) is 101 Å². The first kappa shape index (κ1) is 18.7. The Labute approximate surface area is 158 Å². The highest BCUT2D eigenvalue weighted by molar-refractivity contribution is 5.98. The number of ether oxygens (including phenoxy) is 2. The molecule has 0 aliphatic heterocycles. The van der Waals surface area contributed by atoms with Crippen LogP contribution in [0.25, 0.3) is 17.1 Å². The van der Waals surface area contributed by atoms with Gasteiger partial charge in [0.1, 0.15) is 6.61 Å². The Kier molecular flexibility index (Phi) is 5.37. The van der Waals surface area contributed by atoms with E-state index < -0.39 is 17.3 Å². The maximum absolute atomic E-state index is 12.5. The fraction of sp³-hybridized carbons (Fsp3) is 0.100. The van der Waals surface area contributed by atoms with Crippen LogP contribution in [-0.4, -0.2) is 29.2 Å². The van der Waals surface area contributed by atoms with Gasteiger partial charge in [0.05, 0.1) is 12.6 Å². The summed E-state index contributed by atoms with van der Waals surface area (Å²) < 4.78 is 15.9. The van der Waals surface area contributed by atoms with Crippen molar-refractivity contribution in [2.75, 3.05) is 13.7 Å². The zero-order chi connectivity index (χ0) is 20.1. The molecule has 0 aliphatic rings. The lowest BCUT2D eigenvalue weighted by Crippen LogP contribution is -2.29. The second-order valence-electron chi connectivity index (χ2n) is 5.44. The maximum atomic E-state index is 12.5. The van der Waals surface area contributed by atoms with Crippen LogP contribution in [0.5, 0.6) is 11.5 Å². The van der Waals surface area contributed by atoms with Crippen LogP contribution >= 0.6 is 0 Å². The van der Waals surface area contributed by atoms with Gasteiger partial charge in [-0.15, -0.1) is 6.42 Å². The largest absolute Gasteiger partial charge is 0.493 e. The predicted molar refractivity (Wildman–Crippen MR) is 102 cm³/mol. The molecule has 2 heterocycles. The quantitative estimate of drug-likeness (QED) is 0.492. The van der Waals surface area contributed by atoms with Crippen LogP contribution in [0.2, 0.25) is 0 Å². The van der Waals surface area contributed by atoms with Crippen LogP contribution in [-0.2, 0) is 0 Å². The average molecular weight is 378 g/mol. The van der Waals surface area contributed by atoms with Gasteiger partial charge >= 0.3 is 11.4 Å².